The monoisotopic (exact) mass is 152 g/mol. The SMILES string of the molecule is C=C(/C=C\C(C)=C\O)C(C)C. The van der Waals surface area contributed by atoms with Gasteiger partial charge in [-0.05, 0) is 18.4 Å². The van der Waals surface area contributed by atoms with Crippen molar-refractivity contribution in [2.24, 2.45) is 5.92 Å². The van der Waals surface area contributed by atoms with E-state index in [1.165, 1.54) is 0 Å². The first-order valence-electron chi connectivity index (χ1n) is 3.75. The lowest BCUT2D eigenvalue weighted by Gasteiger charge is -2.01. The lowest BCUT2D eigenvalue weighted by Crippen LogP contribution is -1.87. The van der Waals surface area contributed by atoms with Gasteiger partial charge in [0.05, 0.1) is 6.26 Å². The van der Waals surface area contributed by atoms with E-state index in [4.69, 9.17) is 5.11 Å². The second-order valence-electron chi connectivity index (χ2n) is 2.94. The lowest BCUT2D eigenvalue weighted by atomic mass is 10.0. The fraction of sp³-hybridized carbons (Fsp3) is 0.400. The lowest BCUT2D eigenvalue weighted by molar-refractivity contribution is 0.469. The highest BCUT2D eigenvalue weighted by atomic mass is 16.2. The summed E-state index contributed by atoms with van der Waals surface area (Å²) in [6.07, 6.45) is 4.86. The maximum absolute atomic E-state index is 8.54. The van der Waals surface area contributed by atoms with Gasteiger partial charge in [0, 0.05) is 0 Å². The molecular weight excluding hydrogens is 136 g/mol. The van der Waals surface area contributed by atoms with Crippen LogP contribution in [0.4, 0.5) is 0 Å². The molecule has 0 aromatic carbocycles. The van der Waals surface area contributed by atoms with E-state index in [1.54, 1.807) is 0 Å². The summed E-state index contributed by atoms with van der Waals surface area (Å²) in [7, 11) is 0. The molecule has 0 aromatic heterocycles. The minimum atomic E-state index is 0.470. The number of rotatable bonds is 3. The van der Waals surface area contributed by atoms with Gasteiger partial charge in [-0.15, -0.1) is 0 Å². The molecule has 0 rings (SSSR count). The number of hydrogen-bond acceptors (Lipinski definition) is 1. The largest absolute Gasteiger partial charge is 0.515 e. The summed E-state index contributed by atoms with van der Waals surface area (Å²) < 4.78 is 0. The predicted molar refractivity (Wildman–Crippen MR) is 49.5 cm³/mol. The molecule has 0 aliphatic rings. The van der Waals surface area contributed by atoms with Crippen molar-refractivity contribution in [1.82, 2.24) is 0 Å². The summed E-state index contributed by atoms with van der Waals surface area (Å²) in [5, 5.41) is 8.54. The third kappa shape index (κ3) is 4.43. The molecule has 0 amide bonds. The van der Waals surface area contributed by atoms with Crippen molar-refractivity contribution in [1.29, 1.82) is 0 Å². The quantitative estimate of drug-likeness (QED) is 0.486. The summed E-state index contributed by atoms with van der Waals surface area (Å²) in [5.41, 5.74) is 1.91. The molecule has 0 bridgehead atoms. The standard InChI is InChI=1S/C10H16O/c1-8(2)10(4)6-5-9(3)7-11/h5-8,11H,4H2,1-3H3/b6-5-,9-7+. The average Bonchev–Trinajstić information content (AvgIpc) is 1.99. The van der Waals surface area contributed by atoms with Crippen LogP contribution in [0.5, 0.6) is 0 Å². The van der Waals surface area contributed by atoms with Crippen molar-refractivity contribution in [3.8, 4) is 0 Å². The summed E-state index contributed by atoms with van der Waals surface area (Å²) >= 11 is 0. The molecule has 0 heterocycles. The molecule has 0 aliphatic carbocycles. The van der Waals surface area contributed by atoms with Crippen LogP contribution in [0.2, 0.25) is 0 Å². The van der Waals surface area contributed by atoms with Gasteiger partial charge in [-0.25, -0.2) is 0 Å². The number of aliphatic hydroxyl groups excluding tert-OH is 1. The van der Waals surface area contributed by atoms with Crippen LogP contribution >= 0.6 is 0 Å². The summed E-state index contributed by atoms with van der Waals surface area (Å²) in [6.45, 7) is 9.88. The average molecular weight is 152 g/mol. The highest BCUT2D eigenvalue weighted by Crippen LogP contribution is 2.08. The Hall–Kier alpha value is -0.980. The van der Waals surface area contributed by atoms with Crippen LogP contribution in [0, 0.1) is 5.92 Å². The van der Waals surface area contributed by atoms with Crippen molar-refractivity contribution >= 4 is 0 Å². The molecule has 1 N–H and O–H groups in total. The van der Waals surface area contributed by atoms with E-state index in [0.29, 0.717) is 5.92 Å². The second kappa shape index (κ2) is 4.78. The van der Waals surface area contributed by atoms with E-state index >= 15 is 0 Å². The van der Waals surface area contributed by atoms with E-state index in [-0.39, 0.29) is 0 Å². The van der Waals surface area contributed by atoms with Crippen molar-refractivity contribution in [3.05, 3.63) is 36.1 Å². The number of hydrogen-bond donors (Lipinski definition) is 1. The summed E-state index contributed by atoms with van der Waals surface area (Å²) in [6, 6.07) is 0. The van der Waals surface area contributed by atoms with Crippen molar-refractivity contribution in [2.75, 3.05) is 0 Å². The van der Waals surface area contributed by atoms with Crippen LogP contribution in [-0.2, 0) is 0 Å². The molecular formula is C10H16O. The first-order valence-corrected chi connectivity index (χ1v) is 3.75. The zero-order chi connectivity index (χ0) is 8.85. The highest BCUT2D eigenvalue weighted by Gasteiger charge is 1.93. The van der Waals surface area contributed by atoms with Crippen LogP contribution in [0.15, 0.2) is 36.1 Å². The Morgan fingerprint density at radius 1 is 1.36 bits per heavy atom. The van der Waals surface area contributed by atoms with E-state index < -0.39 is 0 Å². The van der Waals surface area contributed by atoms with Crippen LogP contribution in [0.25, 0.3) is 0 Å². The predicted octanol–water partition coefficient (Wildman–Crippen LogP) is 3.22. The number of aliphatic hydroxyl groups is 1. The minimum absolute atomic E-state index is 0.470. The first-order chi connectivity index (χ1) is 5.07. The molecule has 1 nitrogen and oxygen atoms in total. The Morgan fingerprint density at radius 3 is 2.27 bits per heavy atom. The Morgan fingerprint density at radius 2 is 1.91 bits per heavy atom. The normalized spacial score (nSPS) is 12.9. The van der Waals surface area contributed by atoms with Gasteiger partial charge in [0.1, 0.15) is 0 Å². The molecule has 0 saturated heterocycles. The Kier molecular flexibility index (Phi) is 4.35. The molecule has 1 heteroatoms. The van der Waals surface area contributed by atoms with E-state index in [9.17, 15) is 0 Å². The molecule has 62 valence electrons. The Balaban J connectivity index is 4.04. The van der Waals surface area contributed by atoms with Crippen LogP contribution in [0.1, 0.15) is 20.8 Å². The van der Waals surface area contributed by atoms with Crippen molar-refractivity contribution in [2.45, 2.75) is 20.8 Å². The fourth-order valence-electron chi connectivity index (χ4n) is 0.474. The van der Waals surface area contributed by atoms with Crippen LogP contribution in [0.3, 0.4) is 0 Å². The first kappa shape index (κ1) is 10.0. The molecule has 0 radical (unpaired) electrons. The molecule has 0 atom stereocenters. The van der Waals surface area contributed by atoms with Gasteiger partial charge < -0.3 is 5.11 Å². The Labute approximate surface area is 68.7 Å². The molecule has 0 saturated carbocycles. The van der Waals surface area contributed by atoms with Gasteiger partial charge in [0.2, 0.25) is 0 Å². The molecule has 0 aromatic rings. The maximum Gasteiger partial charge on any atom is 0.0820 e. The van der Waals surface area contributed by atoms with E-state index in [2.05, 4.69) is 20.4 Å². The second-order valence-corrected chi connectivity index (χ2v) is 2.94. The molecule has 11 heavy (non-hydrogen) atoms. The molecule has 0 aliphatic heterocycles. The topological polar surface area (TPSA) is 20.2 Å². The van der Waals surface area contributed by atoms with Crippen LogP contribution in [-0.4, -0.2) is 5.11 Å². The van der Waals surface area contributed by atoms with Crippen molar-refractivity contribution < 1.29 is 5.11 Å². The van der Waals surface area contributed by atoms with Gasteiger partial charge in [-0.3, -0.25) is 0 Å². The highest BCUT2D eigenvalue weighted by molar-refractivity contribution is 5.24. The summed E-state index contributed by atoms with van der Waals surface area (Å²) in [5.74, 6) is 0.470. The number of allylic oxidation sites excluding steroid dienone is 4. The van der Waals surface area contributed by atoms with Crippen molar-refractivity contribution in [3.63, 3.8) is 0 Å². The van der Waals surface area contributed by atoms with Crippen LogP contribution < -0.4 is 0 Å². The molecule has 0 unspecified atom stereocenters. The van der Waals surface area contributed by atoms with Gasteiger partial charge in [0.25, 0.3) is 0 Å². The zero-order valence-electron chi connectivity index (χ0n) is 7.46. The third-order valence-corrected chi connectivity index (χ3v) is 1.51. The third-order valence-electron chi connectivity index (χ3n) is 1.51. The van der Waals surface area contributed by atoms with Gasteiger partial charge in [-0.1, -0.05) is 38.2 Å². The summed E-state index contributed by atoms with van der Waals surface area (Å²) in [4.78, 5) is 0. The molecule has 0 spiro atoms. The van der Waals surface area contributed by atoms with Gasteiger partial charge in [0.15, 0.2) is 0 Å². The molecule has 0 fully saturated rings. The minimum Gasteiger partial charge on any atom is -0.515 e. The van der Waals surface area contributed by atoms with E-state index in [1.807, 2.05) is 19.1 Å². The van der Waals surface area contributed by atoms with E-state index in [0.717, 1.165) is 17.4 Å². The van der Waals surface area contributed by atoms with Gasteiger partial charge in [-0.2, -0.15) is 0 Å². The fourth-order valence-corrected chi connectivity index (χ4v) is 0.474. The maximum atomic E-state index is 8.54. The Bertz CT molecular complexity index is 185. The van der Waals surface area contributed by atoms with Gasteiger partial charge >= 0.3 is 0 Å². The smallest absolute Gasteiger partial charge is 0.0820 e. The zero-order valence-corrected chi connectivity index (χ0v) is 7.46.